The van der Waals surface area contributed by atoms with Crippen molar-refractivity contribution in [1.82, 2.24) is 0 Å². The lowest BCUT2D eigenvalue weighted by Crippen LogP contribution is -2.66. The first-order chi connectivity index (χ1) is 19.3. The normalized spacial score (nSPS) is 42.1. The van der Waals surface area contributed by atoms with Gasteiger partial charge in [0.25, 0.3) is 0 Å². The van der Waals surface area contributed by atoms with Crippen molar-refractivity contribution in [1.29, 1.82) is 0 Å². The maximum absolute atomic E-state index is 13.6. The molecule has 4 aliphatic carbocycles. The quantitative estimate of drug-likeness (QED) is 0.165. The van der Waals surface area contributed by atoms with Crippen molar-refractivity contribution in [3.63, 3.8) is 0 Å². The Labute approximate surface area is 250 Å². The molecular weight excluding hydrogens is 540 g/mol. The Morgan fingerprint density at radius 3 is 2.40 bits per heavy atom. The first-order valence-corrected chi connectivity index (χ1v) is 16.0. The summed E-state index contributed by atoms with van der Waals surface area (Å²) < 4.78 is 6.23. The molecule has 0 aliphatic heterocycles. The molecule has 3 fully saturated rings. The average Bonchev–Trinajstić information content (AvgIpc) is 3.15. The number of ether oxygens (including phenoxy) is 1. The van der Waals surface area contributed by atoms with Crippen molar-refractivity contribution in [2.75, 3.05) is 0 Å². The van der Waals surface area contributed by atoms with Gasteiger partial charge >= 0.3 is 5.97 Å². The van der Waals surface area contributed by atoms with Crippen LogP contribution in [0.4, 0.5) is 0 Å². The third-order valence-corrected chi connectivity index (χ3v) is 11.7. The Morgan fingerprint density at radius 1 is 1.12 bits per heavy atom. The molecule has 240 valence electrons. The fourth-order valence-corrected chi connectivity index (χ4v) is 9.26. The third kappa shape index (κ3) is 5.63. The molecule has 4 aliphatic rings. The van der Waals surface area contributed by atoms with Gasteiger partial charge < -0.3 is 35.4 Å². The van der Waals surface area contributed by atoms with Crippen LogP contribution in [0.15, 0.2) is 11.6 Å². The molecule has 0 aromatic heterocycles. The van der Waals surface area contributed by atoms with Gasteiger partial charge in [0.15, 0.2) is 5.78 Å². The smallest absolute Gasteiger partial charge is 0.306 e. The zero-order valence-electron chi connectivity index (χ0n) is 26.3. The van der Waals surface area contributed by atoms with E-state index in [4.69, 9.17) is 4.74 Å². The molecule has 0 saturated heterocycles. The van der Waals surface area contributed by atoms with Crippen molar-refractivity contribution in [3.05, 3.63) is 11.6 Å². The van der Waals surface area contributed by atoms with E-state index in [1.807, 2.05) is 13.8 Å². The van der Waals surface area contributed by atoms with E-state index in [2.05, 4.69) is 6.92 Å². The number of carbonyl (C=O) groups is 2. The van der Waals surface area contributed by atoms with Crippen molar-refractivity contribution in [2.45, 2.75) is 153 Å². The van der Waals surface area contributed by atoms with Gasteiger partial charge in [-0.25, -0.2) is 0 Å². The molecule has 0 aromatic carbocycles. The molecule has 0 heterocycles. The first-order valence-electron chi connectivity index (χ1n) is 16.0. The molecule has 3 saturated carbocycles. The van der Waals surface area contributed by atoms with E-state index in [1.165, 1.54) is 6.08 Å². The van der Waals surface area contributed by atoms with Gasteiger partial charge in [-0.15, -0.1) is 0 Å². The minimum atomic E-state index is -1.64. The van der Waals surface area contributed by atoms with Crippen LogP contribution in [0.2, 0.25) is 0 Å². The van der Waals surface area contributed by atoms with Gasteiger partial charge in [-0.3, -0.25) is 9.59 Å². The average molecular weight is 595 g/mol. The SMILES string of the molecule is CCCCCC(=O)O[C@@H]1C[C@]2(C)C([C@](C)(O)[C@H](O)CCC(C)(C)O)CC[C@@]2(O)C2=CC(=O)[C@@H]3C[C@@H](O)[C@@H](O)C[C@]3(C)C21. The summed E-state index contributed by atoms with van der Waals surface area (Å²) >= 11 is 0. The van der Waals surface area contributed by atoms with E-state index < -0.39 is 69.8 Å². The molecule has 9 heteroatoms. The number of hydrogen-bond donors (Lipinski definition) is 6. The Balaban J connectivity index is 1.77. The maximum Gasteiger partial charge on any atom is 0.306 e. The van der Waals surface area contributed by atoms with Gasteiger partial charge in [-0.1, -0.05) is 33.6 Å². The molecule has 42 heavy (non-hydrogen) atoms. The standard InChI is InChI=1S/C33H54O9/c1-7-8-9-10-27(38)42-24-18-31(5)25(32(6,40)26(37)12-13-29(2,3)39)11-14-33(31,41)20-16-21(34)19-15-22(35)23(36)17-30(19,4)28(20)24/h16,19,22-26,28,35-37,39-41H,7-15,17-18H2,1-6H3/t19-,22+,23-,24+,25?,26+,28?,30-,31+,32-,33+/m0/s1. The fraction of sp³-hybridized carbons (Fsp3) is 0.879. The van der Waals surface area contributed by atoms with Crippen LogP contribution in [0.3, 0.4) is 0 Å². The number of esters is 1. The molecule has 2 unspecified atom stereocenters. The van der Waals surface area contributed by atoms with Gasteiger partial charge in [-0.2, -0.15) is 0 Å². The van der Waals surface area contributed by atoms with Gasteiger partial charge in [0.05, 0.1) is 35.1 Å². The number of hydrogen-bond acceptors (Lipinski definition) is 9. The number of carbonyl (C=O) groups excluding carboxylic acids is 2. The molecule has 4 rings (SSSR count). The Hall–Kier alpha value is -1.36. The summed E-state index contributed by atoms with van der Waals surface area (Å²) in [4.78, 5) is 26.8. The highest BCUT2D eigenvalue weighted by atomic mass is 16.5. The van der Waals surface area contributed by atoms with Crippen LogP contribution in [-0.4, -0.2) is 83.6 Å². The zero-order valence-corrected chi connectivity index (χ0v) is 26.3. The summed E-state index contributed by atoms with van der Waals surface area (Å²) in [5.74, 6) is -2.33. The number of allylic oxidation sites excluding steroid dienone is 1. The Kier molecular flexibility index (Phi) is 9.21. The van der Waals surface area contributed by atoms with Gasteiger partial charge in [0, 0.05) is 23.7 Å². The zero-order chi connectivity index (χ0) is 31.5. The van der Waals surface area contributed by atoms with Crippen LogP contribution in [-0.2, 0) is 14.3 Å². The molecule has 0 spiro atoms. The predicted octanol–water partition coefficient (Wildman–Crippen LogP) is 2.96. The summed E-state index contributed by atoms with van der Waals surface area (Å²) in [6, 6.07) is 0. The van der Waals surface area contributed by atoms with Crippen molar-refractivity contribution < 1.29 is 45.0 Å². The van der Waals surface area contributed by atoms with Crippen molar-refractivity contribution >= 4 is 11.8 Å². The molecule has 0 amide bonds. The minimum Gasteiger partial charge on any atom is -0.462 e. The minimum absolute atomic E-state index is 0.0916. The fourth-order valence-electron chi connectivity index (χ4n) is 9.26. The lowest BCUT2D eigenvalue weighted by atomic mass is 9.44. The number of aliphatic hydroxyl groups is 6. The number of ketones is 1. The molecule has 0 bridgehead atoms. The molecular formula is C33H54O9. The largest absolute Gasteiger partial charge is 0.462 e. The number of aliphatic hydroxyl groups excluding tert-OH is 3. The highest BCUT2D eigenvalue weighted by molar-refractivity contribution is 5.95. The lowest BCUT2D eigenvalue weighted by Gasteiger charge is -2.62. The summed E-state index contributed by atoms with van der Waals surface area (Å²) in [6.45, 7) is 10.7. The maximum atomic E-state index is 13.6. The summed E-state index contributed by atoms with van der Waals surface area (Å²) in [7, 11) is 0. The Bertz CT molecular complexity index is 1060. The highest BCUT2D eigenvalue weighted by Crippen LogP contribution is 2.69. The molecule has 6 N–H and O–H groups in total. The van der Waals surface area contributed by atoms with Gasteiger partial charge in [0.1, 0.15) is 6.10 Å². The van der Waals surface area contributed by atoms with Crippen LogP contribution >= 0.6 is 0 Å². The van der Waals surface area contributed by atoms with Gasteiger partial charge in [0.2, 0.25) is 0 Å². The van der Waals surface area contributed by atoms with E-state index in [-0.39, 0.29) is 56.7 Å². The van der Waals surface area contributed by atoms with E-state index in [0.29, 0.717) is 18.4 Å². The van der Waals surface area contributed by atoms with Crippen LogP contribution in [0, 0.1) is 28.6 Å². The van der Waals surface area contributed by atoms with Crippen LogP contribution < -0.4 is 0 Å². The van der Waals surface area contributed by atoms with E-state index in [9.17, 15) is 40.2 Å². The van der Waals surface area contributed by atoms with E-state index >= 15 is 0 Å². The number of unbranched alkanes of at least 4 members (excludes halogenated alkanes) is 2. The highest BCUT2D eigenvalue weighted by Gasteiger charge is 2.72. The first kappa shape index (κ1) is 33.5. The molecule has 11 atom stereocenters. The lowest BCUT2D eigenvalue weighted by molar-refractivity contribution is -0.206. The topological polar surface area (TPSA) is 165 Å². The monoisotopic (exact) mass is 594 g/mol. The molecule has 0 radical (unpaired) electrons. The summed E-state index contributed by atoms with van der Waals surface area (Å²) in [6.07, 6.45) is 1.72. The summed E-state index contributed by atoms with van der Waals surface area (Å²) in [5, 5.41) is 67.1. The van der Waals surface area contributed by atoms with Crippen LogP contribution in [0.5, 0.6) is 0 Å². The summed E-state index contributed by atoms with van der Waals surface area (Å²) in [5.41, 5.74) is -5.62. The van der Waals surface area contributed by atoms with E-state index in [0.717, 1.165) is 12.8 Å². The number of fused-ring (bicyclic) bond motifs is 5. The Morgan fingerprint density at radius 2 is 1.79 bits per heavy atom. The second-order valence-electron chi connectivity index (χ2n) is 15.3. The van der Waals surface area contributed by atoms with Gasteiger partial charge in [-0.05, 0) is 95.1 Å². The number of rotatable bonds is 10. The van der Waals surface area contributed by atoms with E-state index in [1.54, 1.807) is 20.8 Å². The third-order valence-electron chi connectivity index (χ3n) is 11.7. The van der Waals surface area contributed by atoms with Crippen molar-refractivity contribution in [2.24, 2.45) is 28.6 Å². The molecule has 9 nitrogen and oxygen atoms in total. The van der Waals surface area contributed by atoms with Crippen LogP contribution in [0.1, 0.15) is 112 Å². The second-order valence-corrected chi connectivity index (χ2v) is 15.3. The van der Waals surface area contributed by atoms with Crippen LogP contribution in [0.25, 0.3) is 0 Å². The molecule has 0 aromatic rings. The second kappa shape index (κ2) is 11.5. The van der Waals surface area contributed by atoms with Crippen molar-refractivity contribution in [3.8, 4) is 0 Å². The predicted molar refractivity (Wildman–Crippen MR) is 156 cm³/mol.